The smallest absolute Gasteiger partial charge is 0.152 e. The molecule has 2 rings (SSSR count). The van der Waals surface area contributed by atoms with Crippen LogP contribution in [0.1, 0.15) is 22.3 Å². The van der Waals surface area contributed by atoms with Gasteiger partial charge in [-0.1, -0.05) is 11.8 Å². The molecule has 0 bridgehead atoms. The summed E-state index contributed by atoms with van der Waals surface area (Å²) in [7, 11) is 1.89. The molecule has 0 aliphatic heterocycles. The molecule has 4 heteroatoms. The van der Waals surface area contributed by atoms with Crippen LogP contribution in [0, 0.1) is 11.8 Å². The zero-order valence-electron chi connectivity index (χ0n) is 9.58. The van der Waals surface area contributed by atoms with Crippen LogP contribution in [0.4, 0.5) is 0 Å². The first kappa shape index (κ1) is 11.4. The van der Waals surface area contributed by atoms with Crippen molar-refractivity contribution in [3.8, 4) is 11.8 Å². The number of rotatable bonds is 3. The highest BCUT2D eigenvalue weighted by Crippen LogP contribution is 2.15. The second kappa shape index (κ2) is 5.28. The number of fused-ring (bicyclic) bond motifs is 1. The quantitative estimate of drug-likeness (QED) is 0.472. The van der Waals surface area contributed by atoms with E-state index in [1.807, 2.05) is 13.1 Å². The molecule has 0 aliphatic carbocycles. The minimum absolute atomic E-state index is 0.617. The summed E-state index contributed by atoms with van der Waals surface area (Å²) >= 11 is 0. The molecule has 0 spiro atoms. The third kappa shape index (κ3) is 2.52. The maximum absolute atomic E-state index is 10.8. The number of carbonyl (C=O) groups excluding carboxylic acids is 1. The van der Waals surface area contributed by atoms with E-state index in [9.17, 15) is 4.79 Å². The predicted octanol–water partition coefficient (Wildman–Crippen LogP) is 1.34. The van der Waals surface area contributed by atoms with Gasteiger partial charge in [0.2, 0.25) is 0 Å². The molecule has 0 aromatic carbocycles. The van der Waals surface area contributed by atoms with Gasteiger partial charge in [-0.25, -0.2) is 4.98 Å². The van der Waals surface area contributed by atoms with Gasteiger partial charge in [-0.05, 0) is 13.1 Å². The average Bonchev–Trinajstić information content (AvgIpc) is 2.77. The molecule has 2 aromatic rings. The van der Waals surface area contributed by atoms with Crippen molar-refractivity contribution in [3.05, 3.63) is 29.6 Å². The highest BCUT2D eigenvalue weighted by molar-refractivity contribution is 5.96. The molecule has 0 aliphatic rings. The van der Waals surface area contributed by atoms with Gasteiger partial charge < -0.3 is 10.3 Å². The number of aldehydes is 1. The summed E-state index contributed by atoms with van der Waals surface area (Å²) in [5.74, 6) is 6.08. The predicted molar refractivity (Wildman–Crippen MR) is 66.9 cm³/mol. The fraction of sp³-hybridized carbons (Fsp3) is 0.231. The standard InChI is InChI=1S/C13H13N3O/c1-14-5-3-2-4-10-6-12-11(9-17)8-16-13(12)15-7-10/h6-9,14H,3,5H2,1H3,(H,15,16). The number of hydrogen-bond acceptors (Lipinski definition) is 3. The summed E-state index contributed by atoms with van der Waals surface area (Å²) in [5, 5.41) is 3.85. The van der Waals surface area contributed by atoms with Crippen molar-refractivity contribution < 1.29 is 4.79 Å². The highest BCUT2D eigenvalue weighted by atomic mass is 16.1. The van der Waals surface area contributed by atoms with Gasteiger partial charge in [-0.3, -0.25) is 4.79 Å². The molecule has 4 nitrogen and oxygen atoms in total. The molecule has 0 atom stereocenters. The summed E-state index contributed by atoms with van der Waals surface area (Å²) in [6.45, 7) is 0.867. The van der Waals surface area contributed by atoms with Crippen LogP contribution in [-0.2, 0) is 0 Å². The minimum atomic E-state index is 0.617. The van der Waals surface area contributed by atoms with E-state index < -0.39 is 0 Å². The van der Waals surface area contributed by atoms with Crippen LogP contribution >= 0.6 is 0 Å². The first-order chi connectivity index (χ1) is 8.35. The molecule has 86 valence electrons. The van der Waals surface area contributed by atoms with Crippen molar-refractivity contribution in [2.24, 2.45) is 0 Å². The monoisotopic (exact) mass is 227 g/mol. The third-order valence-corrected chi connectivity index (χ3v) is 2.42. The van der Waals surface area contributed by atoms with E-state index in [4.69, 9.17) is 0 Å². The van der Waals surface area contributed by atoms with Crippen LogP contribution in [-0.4, -0.2) is 29.8 Å². The Morgan fingerprint density at radius 2 is 2.47 bits per heavy atom. The van der Waals surface area contributed by atoms with Crippen LogP contribution in [0.2, 0.25) is 0 Å². The first-order valence-electron chi connectivity index (χ1n) is 5.41. The van der Waals surface area contributed by atoms with Gasteiger partial charge >= 0.3 is 0 Å². The van der Waals surface area contributed by atoms with Crippen LogP contribution < -0.4 is 5.32 Å². The zero-order valence-corrected chi connectivity index (χ0v) is 9.58. The fourth-order valence-electron chi connectivity index (χ4n) is 1.54. The second-order valence-corrected chi connectivity index (χ2v) is 3.64. The number of carbonyl (C=O) groups is 1. The lowest BCUT2D eigenvalue weighted by Crippen LogP contribution is -2.05. The maximum atomic E-state index is 10.8. The Labute approximate surface area is 99.4 Å². The lowest BCUT2D eigenvalue weighted by molar-refractivity contribution is 0.112. The van der Waals surface area contributed by atoms with Crippen molar-refractivity contribution in [2.45, 2.75) is 6.42 Å². The summed E-state index contributed by atoms with van der Waals surface area (Å²) < 4.78 is 0. The van der Waals surface area contributed by atoms with E-state index in [2.05, 4.69) is 27.1 Å². The van der Waals surface area contributed by atoms with Gasteiger partial charge in [0.15, 0.2) is 6.29 Å². The normalized spacial score (nSPS) is 9.94. The van der Waals surface area contributed by atoms with Crippen molar-refractivity contribution >= 4 is 17.3 Å². The molecular weight excluding hydrogens is 214 g/mol. The molecule has 2 heterocycles. The van der Waals surface area contributed by atoms with Crippen molar-refractivity contribution in [1.29, 1.82) is 0 Å². The van der Waals surface area contributed by atoms with E-state index in [-0.39, 0.29) is 0 Å². The molecule has 0 unspecified atom stereocenters. The third-order valence-electron chi connectivity index (χ3n) is 2.42. The Bertz CT molecular complexity index is 589. The Balaban J connectivity index is 2.29. The lowest BCUT2D eigenvalue weighted by Gasteiger charge is -1.92. The average molecular weight is 227 g/mol. The highest BCUT2D eigenvalue weighted by Gasteiger charge is 2.03. The van der Waals surface area contributed by atoms with E-state index in [1.165, 1.54) is 0 Å². The second-order valence-electron chi connectivity index (χ2n) is 3.64. The SMILES string of the molecule is CNCCC#Cc1cnc2[nH]cc(C=O)c2c1. The molecule has 17 heavy (non-hydrogen) atoms. The molecule has 0 saturated heterocycles. The van der Waals surface area contributed by atoms with Gasteiger partial charge in [0, 0.05) is 41.9 Å². The molecule has 2 N–H and O–H groups in total. The van der Waals surface area contributed by atoms with Crippen molar-refractivity contribution in [2.75, 3.05) is 13.6 Å². The molecule has 0 saturated carbocycles. The molecular formula is C13H13N3O. The molecule has 2 aromatic heterocycles. The fourth-order valence-corrected chi connectivity index (χ4v) is 1.54. The van der Waals surface area contributed by atoms with Gasteiger partial charge in [0.1, 0.15) is 5.65 Å². The summed E-state index contributed by atoms with van der Waals surface area (Å²) in [6.07, 6.45) is 4.98. The summed E-state index contributed by atoms with van der Waals surface area (Å²) in [6, 6.07) is 1.88. The largest absolute Gasteiger partial charge is 0.345 e. The molecule has 0 amide bonds. The number of aromatic nitrogens is 2. The van der Waals surface area contributed by atoms with Gasteiger partial charge in [-0.2, -0.15) is 0 Å². The Morgan fingerprint density at radius 1 is 1.59 bits per heavy atom. The number of nitrogens with one attached hydrogen (secondary N) is 2. The van der Waals surface area contributed by atoms with E-state index in [1.54, 1.807) is 12.4 Å². The lowest BCUT2D eigenvalue weighted by atomic mass is 10.2. The van der Waals surface area contributed by atoms with Gasteiger partial charge in [-0.15, -0.1) is 0 Å². The number of nitrogens with zero attached hydrogens (tertiary/aromatic N) is 1. The van der Waals surface area contributed by atoms with Crippen molar-refractivity contribution in [3.63, 3.8) is 0 Å². The van der Waals surface area contributed by atoms with Crippen LogP contribution in [0.3, 0.4) is 0 Å². The number of hydrogen-bond donors (Lipinski definition) is 2. The number of H-pyrrole nitrogens is 1. The van der Waals surface area contributed by atoms with E-state index in [0.29, 0.717) is 11.2 Å². The van der Waals surface area contributed by atoms with Gasteiger partial charge in [0.05, 0.1) is 0 Å². The Morgan fingerprint density at radius 3 is 3.24 bits per heavy atom. The number of aromatic amines is 1. The zero-order chi connectivity index (χ0) is 12.1. The first-order valence-corrected chi connectivity index (χ1v) is 5.41. The van der Waals surface area contributed by atoms with Crippen LogP contribution in [0.5, 0.6) is 0 Å². The van der Waals surface area contributed by atoms with Crippen LogP contribution in [0.15, 0.2) is 18.5 Å². The Kier molecular flexibility index (Phi) is 3.53. The minimum Gasteiger partial charge on any atom is -0.345 e. The van der Waals surface area contributed by atoms with E-state index in [0.717, 1.165) is 30.2 Å². The van der Waals surface area contributed by atoms with Gasteiger partial charge in [0.25, 0.3) is 0 Å². The van der Waals surface area contributed by atoms with Crippen molar-refractivity contribution in [1.82, 2.24) is 15.3 Å². The topological polar surface area (TPSA) is 57.8 Å². The van der Waals surface area contributed by atoms with Crippen LogP contribution in [0.25, 0.3) is 11.0 Å². The molecule has 0 radical (unpaired) electrons. The van der Waals surface area contributed by atoms with E-state index >= 15 is 0 Å². The summed E-state index contributed by atoms with van der Waals surface area (Å²) in [5.41, 5.74) is 2.16. The maximum Gasteiger partial charge on any atom is 0.152 e. The summed E-state index contributed by atoms with van der Waals surface area (Å²) in [4.78, 5) is 18.0. The molecule has 0 fully saturated rings. The number of pyridine rings is 1. The Hall–Kier alpha value is -2.12.